The molecule has 22 heavy (non-hydrogen) atoms. The van der Waals surface area contributed by atoms with Gasteiger partial charge in [-0.1, -0.05) is 31.9 Å². The summed E-state index contributed by atoms with van der Waals surface area (Å²) in [4.78, 5) is 12.8. The van der Waals surface area contributed by atoms with Crippen molar-refractivity contribution in [3.05, 3.63) is 50.7 Å². The van der Waals surface area contributed by atoms with E-state index in [0.717, 1.165) is 40.8 Å². The van der Waals surface area contributed by atoms with Gasteiger partial charge >= 0.3 is 5.97 Å². The van der Waals surface area contributed by atoms with Crippen LogP contribution in [0.3, 0.4) is 0 Å². The quantitative estimate of drug-likeness (QED) is 0.780. The molecule has 0 amide bonds. The first-order chi connectivity index (χ1) is 10.4. The molecule has 1 heterocycles. The van der Waals surface area contributed by atoms with E-state index in [1.165, 1.54) is 11.3 Å². The molecule has 2 aromatic rings. The number of benzene rings is 1. The van der Waals surface area contributed by atoms with E-state index < -0.39 is 5.97 Å². The summed E-state index contributed by atoms with van der Waals surface area (Å²) in [6.45, 7) is 5.89. The summed E-state index contributed by atoms with van der Waals surface area (Å²) in [5.41, 5.74) is 2.82. The summed E-state index contributed by atoms with van der Waals surface area (Å²) in [6.07, 6.45) is 3.17. The molecule has 1 aromatic heterocycles. The number of carboxylic acid groups (broad SMARTS) is 1. The Bertz CT molecular complexity index is 673. The van der Waals surface area contributed by atoms with Crippen molar-refractivity contribution < 1.29 is 15.0 Å². The molecule has 0 aliphatic rings. The number of rotatable bonds is 6. The number of unbranched alkanes of at least 4 members (excludes halogenated alkanes) is 1. The lowest BCUT2D eigenvalue weighted by Gasteiger charge is -2.17. The minimum absolute atomic E-state index is 0.191. The van der Waals surface area contributed by atoms with Crippen LogP contribution in [0.5, 0.6) is 5.75 Å². The van der Waals surface area contributed by atoms with E-state index in [0.29, 0.717) is 10.6 Å². The standard InChI is InChI=1S/C18H22O3S/c1-4-5-6-14(13-7-8-15(19)11(2)9-13)16-10-12(3)17(22-16)18(20)21/h7-10,14,19H,4-6H2,1-3H3,(H,20,21). The number of thiophene rings is 1. The van der Waals surface area contributed by atoms with Gasteiger partial charge in [-0.2, -0.15) is 0 Å². The number of aryl methyl sites for hydroxylation is 2. The molecule has 0 saturated heterocycles. The number of carbonyl (C=O) groups is 1. The smallest absolute Gasteiger partial charge is 0.346 e. The maximum Gasteiger partial charge on any atom is 0.346 e. The lowest BCUT2D eigenvalue weighted by atomic mass is 9.90. The van der Waals surface area contributed by atoms with Crippen LogP contribution in [0, 0.1) is 13.8 Å². The van der Waals surface area contributed by atoms with E-state index in [9.17, 15) is 15.0 Å². The third kappa shape index (κ3) is 3.50. The van der Waals surface area contributed by atoms with Gasteiger partial charge in [-0.3, -0.25) is 0 Å². The summed E-state index contributed by atoms with van der Waals surface area (Å²) < 4.78 is 0. The van der Waals surface area contributed by atoms with Gasteiger partial charge in [0.15, 0.2) is 0 Å². The van der Waals surface area contributed by atoms with Crippen molar-refractivity contribution >= 4 is 17.3 Å². The van der Waals surface area contributed by atoms with Crippen molar-refractivity contribution in [1.29, 1.82) is 0 Å². The van der Waals surface area contributed by atoms with Crippen molar-refractivity contribution in [2.24, 2.45) is 0 Å². The number of hydrogen-bond donors (Lipinski definition) is 2. The molecule has 2 rings (SSSR count). The highest BCUT2D eigenvalue weighted by atomic mass is 32.1. The first-order valence-corrected chi connectivity index (χ1v) is 8.38. The highest BCUT2D eigenvalue weighted by molar-refractivity contribution is 7.14. The Balaban J connectivity index is 2.43. The Morgan fingerprint density at radius 3 is 2.50 bits per heavy atom. The predicted octanol–water partition coefficient (Wildman–Crippen LogP) is 5.09. The van der Waals surface area contributed by atoms with Gasteiger partial charge < -0.3 is 10.2 Å². The maximum atomic E-state index is 11.3. The largest absolute Gasteiger partial charge is 0.508 e. The second-order valence-electron chi connectivity index (χ2n) is 5.71. The van der Waals surface area contributed by atoms with E-state index in [-0.39, 0.29) is 5.92 Å². The monoisotopic (exact) mass is 318 g/mol. The Hall–Kier alpha value is -1.81. The van der Waals surface area contributed by atoms with Crippen molar-refractivity contribution in [2.45, 2.75) is 46.0 Å². The lowest BCUT2D eigenvalue weighted by molar-refractivity contribution is 0.0701. The normalized spacial score (nSPS) is 12.3. The molecule has 4 heteroatoms. The Labute approximate surface area is 135 Å². The zero-order chi connectivity index (χ0) is 16.3. The second kappa shape index (κ2) is 6.97. The van der Waals surface area contributed by atoms with E-state index in [1.807, 2.05) is 32.0 Å². The molecule has 0 spiro atoms. The highest BCUT2D eigenvalue weighted by Crippen LogP contribution is 2.37. The van der Waals surface area contributed by atoms with Gasteiger partial charge in [-0.15, -0.1) is 11.3 Å². The molecule has 0 aliphatic carbocycles. The van der Waals surface area contributed by atoms with Crippen LogP contribution < -0.4 is 0 Å². The van der Waals surface area contributed by atoms with Gasteiger partial charge in [0.2, 0.25) is 0 Å². The summed E-state index contributed by atoms with van der Waals surface area (Å²) in [5.74, 6) is -0.368. The second-order valence-corrected chi connectivity index (χ2v) is 6.79. The summed E-state index contributed by atoms with van der Waals surface area (Å²) in [6, 6.07) is 7.67. The van der Waals surface area contributed by atoms with Crippen molar-refractivity contribution in [2.75, 3.05) is 0 Å². The van der Waals surface area contributed by atoms with Crippen molar-refractivity contribution in [3.63, 3.8) is 0 Å². The molecule has 3 nitrogen and oxygen atoms in total. The Kier molecular flexibility index (Phi) is 5.24. The lowest BCUT2D eigenvalue weighted by Crippen LogP contribution is -2.00. The third-order valence-electron chi connectivity index (χ3n) is 3.94. The summed E-state index contributed by atoms with van der Waals surface area (Å²) >= 11 is 1.37. The van der Waals surface area contributed by atoms with Gasteiger partial charge in [-0.05, 0) is 49.1 Å². The van der Waals surface area contributed by atoms with Crippen LogP contribution in [0.25, 0.3) is 0 Å². The zero-order valence-electron chi connectivity index (χ0n) is 13.2. The van der Waals surface area contributed by atoms with E-state index in [4.69, 9.17) is 0 Å². The van der Waals surface area contributed by atoms with Gasteiger partial charge in [0.1, 0.15) is 10.6 Å². The fourth-order valence-corrected chi connectivity index (χ4v) is 3.84. The van der Waals surface area contributed by atoms with Crippen LogP contribution in [-0.4, -0.2) is 16.2 Å². The molecule has 0 aliphatic heterocycles. The predicted molar refractivity (Wildman–Crippen MR) is 90.2 cm³/mol. The number of carboxylic acids is 1. The highest BCUT2D eigenvalue weighted by Gasteiger charge is 2.20. The van der Waals surface area contributed by atoms with Gasteiger partial charge in [-0.25, -0.2) is 4.79 Å². The van der Waals surface area contributed by atoms with Crippen LogP contribution >= 0.6 is 11.3 Å². The molecule has 118 valence electrons. The molecule has 1 aromatic carbocycles. The number of phenols is 1. The van der Waals surface area contributed by atoms with Gasteiger partial charge in [0.05, 0.1) is 0 Å². The van der Waals surface area contributed by atoms with Crippen LogP contribution in [0.4, 0.5) is 0 Å². The number of phenolic OH excluding ortho intramolecular Hbond substituents is 1. The van der Waals surface area contributed by atoms with Crippen molar-refractivity contribution in [3.8, 4) is 5.75 Å². The van der Waals surface area contributed by atoms with Gasteiger partial charge in [0.25, 0.3) is 0 Å². The van der Waals surface area contributed by atoms with Crippen LogP contribution in [0.2, 0.25) is 0 Å². The van der Waals surface area contributed by atoms with Gasteiger partial charge in [0, 0.05) is 10.8 Å². The third-order valence-corrected chi connectivity index (χ3v) is 5.28. The molecule has 0 bridgehead atoms. The van der Waals surface area contributed by atoms with Crippen LogP contribution in [-0.2, 0) is 0 Å². The SMILES string of the molecule is CCCCC(c1ccc(O)c(C)c1)c1cc(C)c(C(=O)O)s1. The molecule has 0 saturated carbocycles. The summed E-state index contributed by atoms with van der Waals surface area (Å²) in [5, 5.41) is 19.0. The Morgan fingerprint density at radius 2 is 1.95 bits per heavy atom. The fourth-order valence-electron chi connectivity index (χ4n) is 2.67. The number of aromatic hydroxyl groups is 1. The maximum absolute atomic E-state index is 11.3. The summed E-state index contributed by atoms with van der Waals surface area (Å²) in [7, 11) is 0. The zero-order valence-corrected chi connectivity index (χ0v) is 14.0. The first-order valence-electron chi connectivity index (χ1n) is 7.57. The minimum Gasteiger partial charge on any atom is -0.508 e. The molecular formula is C18H22O3S. The average molecular weight is 318 g/mol. The van der Waals surface area contributed by atoms with E-state index in [2.05, 4.69) is 6.92 Å². The molecule has 1 unspecified atom stereocenters. The minimum atomic E-state index is -0.857. The molecule has 2 N–H and O–H groups in total. The van der Waals surface area contributed by atoms with Crippen LogP contribution in [0.15, 0.2) is 24.3 Å². The fraction of sp³-hybridized carbons (Fsp3) is 0.389. The first kappa shape index (κ1) is 16.6. The average Bonchev–Trinajstić information content (AvgIpc) is 2.85. The van der Waals surface area contributed by atoms with Crippen LogP contribution in [0.1, 0.15) is 63.3 Å². The Morgan fingerprint density at radius 1 is 1.23 bits per heavy atom. The number of aromatic carboxylic acids is 1. The number of hydrogen-bond acceptors (Lipinski definition) is 3. The molecule has 1 atom stereocenters. The molecule has 0 fully saturated rings. The van der Waals surface area contributed by atoms with E-state index in [1.54, 1.807) is 6.07 Å². The van der Waals surface area contributed by atoms with Crippen molar-refractivity contribution in [1.82, 2.24) is 0 Å². The molecule has 0 radical (unpaired) electrons. The van der Waals surface area contributed by atoms with E-state index >= 15 is 0 Å². The topological polar surface area (TPSA) is 57.5 Å². The molecular weight excluding hydrogens is 296 g/mol.